The van der Waals surface area contributed by atoms with Crippen molar-refractivity contribution in [1.29, 1.82) is 0 Å². The normalized spacial score (nSPS) is 10.7. The second-order valence-electron chi connectivity index (χ2n) is 3.12. The second-order valence-corrected chi connectivity index (χ2v) is 3.46. The number of halogens is 3. The first-order valence-electron chi connectivity index (χ1n) is 4.21. The minimum absolute atomic E-state index is 0.0961. The first kappa shape index (κ1) is 10.8. The molecule has 0 saturated carbocycles. The molecule has 3 nitrogen and oxygen atoms in total. The fourth-order valence-corrected chi connectivity index (χ4v) is 1.57. The zero-order chi connectivity index (χ0) is 11.9. The van der Waals surface area contributed by atoms with Crippen molar-refractivity contribution < 1.29 is 18.4 Å². The van der Waals surface area contributed by atoms with Gasteiger partial charge in [-0.1, -0.05) is 0 Å². The van der Waals surface area contributed by atoms with E-state index < -0.39 is 22.7 Å². The van der Waals surface area contributed by atoms with Crippen LogP contribution in [0.15, 0.2) is 18.3 Å². The Balaban J connectivity index is 2.74. The topological polar surface area (TPSA) is 49.9 Å². The number of H-pyrrole nitrogens is 1. The van der Waals surface area contributed by atoms with Gasteiger partial charge in [0.05, 0.1) is 11.1 Å². The van der Waals surface area contributed by atoms with Gasteiger partial charge in [-0.15, -0.1) is 0 Å². The molecule has 0 bridgehead atoms. The Morgan fingerprint density at radius 2 is 1.94 bits per heavy atom. The van der Waals surface area contributed by atoms with Gasteiger partial charge >= 0.3 is 0 Å². The quantitative estimate of drug-likeness (QED) is 0.500. The fourth-order valence-electron chi connectivity index (χ4n) is 1.47. The average Bonchev–Trinajstić information content (AvgIpc) is 2.59. The van der Waals surface area contributed by atoms with Crippen molar-refractivity contribution in [2.75, 3.05) is 0 Å². The van der Waals surface area contributed by atoms with Crippen LogP contribution in [-0.2, 0) is 4.79 Å². The highest BCUT2D eigenvalue weighted by Crippen LogP contribution is 2.23. The lowest BCUT2D eigenvalue weighted by molar-refractivity contribution is -0.108. The molecule has 0 spiro atoms. The van der Waals surface area contributed by atoms with E-state index in [1.165, 1.54) is 0 Å². The van der Waals surface area contributed by atoms with Gasteiger partial charge in [0, 0.05) is 17.6 Å². The maximum absolute atomic E-state index is 13.4. The molecule has 1 heterocycles. The molecule has 0 aliphatic rings. The van der Waals surface area contributed by atoms with Crippen LogP contribution in [0.1, 0.15) is 10.4 Å². The van der Waals surface area contributed by atoms with E-state index >= 15 is 0 Å². The summed E-state index contributed by atoms with van der Waals surface area (Å²) in [6.07, 6.45) is 1.12. The van der Waals surface area contributed by atoms with E-state index in [0.717, 1.165) is 12.3 Å². The minimum Gasteiger partial charge on any atom is -0.360 e. The van der Waals surface area contributed by atoms with Crippen molar-refractivity contribution in [3.63, 3.8) is 0 Å². The van der Waals surface area contributed by atoms with Crippen molar-refractivity contribution in [3.05, 3.63) is 35.5 Å². The molecule has 2 rings (SSSR count). The summed E-state index contributed by atoms with van der Waals surface area (Å²) in [5.74, 6) is -2.72. The summed E-state index contributed by atoms with van der Waals surface area (Å²) in [6, 6.07) is 1.65. The zero-order valence-corrected chi connectivity index (χ0v) is 8.44. The van der Waals surface area contributed by atoms with Gasteiger partial charge in [0.15, 0.2) is 0 Å². The van der Waals surface area contributed by atoms with Crippen LogP contribution in [0, 0.1) is 11.6 Å². The highest BCUT2D eigenvalue weighted by molar-refractivity contribution is 6.83. The molecule has 2 aromatic rings. The van der Waals surface area contributed by atoms with E-state index in [-0.39, 0.29) is 16.5 Å². The van der Waals surface area contributed by atoms with E-state index in [2.05, 4.69) is 4.98 Å². The van der Waals surface area contributed by atoms with E-state index in [9.17, 15) is 18.4 Å². The molecule has 0 aliphatic carbocycles. The number of rotatable bonds is 2. The second kappa shape index (κ2) is 3.68. The fraction of sp³-hybridized carbons (Fsp3) is 0. The average molecular weight is 244 g/mol. The van der Waals surface area contributed by atoms with Crippen molar-refractivity contribution in [2.45, 2.75) is 0 Å². The monoisotopic (exact) mass is 243 g/mol. The molecular formula is C10H4ClF2NO2. The minimum atomic E-state index is -1.22. The molecule has 0 radical (unpaired) electrons. The van der Waals surface area contributed by atoms with Gasteiger partial charge in [-0.05, 0) is 17.7 Å². The lowest BCUT2D eigenvalue weighted by Crippen LogP contribution is -2.06. The van der Waals surface area contributed by atoms with Crippen LogP contribution in [0.25, 0.3) is 10.9 Å². The number of benzene rings is 1. The Bertz CT molecular complexity index is 606. The lowest BCUT2D eigenvalue weighted by atomic mass is 10.1. The first-order chi connectivity index (χ1) is 7.50. The van der Waals surface area contributed by atoms with Crippen LogP contribution in [0.2, 0.25) is 0 Å². The maximum Gasteiger partial charge on any atom is 0.293 e. The molecule has 0 atom stereocenters. The third-order valence-electron chi connectivity index (χ3n) is 2.12. The summed E-state index contributed by atoms with van der Waals surface area (Å²) in [7, 11) is 0. The summed E-state index contributed by atoms with van der Waals surface area (Å²) in [5.41, 5.74) is -0.105. The number of carbonyl (C=O) groups excluding carboxylic acids is 2. The number of aromatic amines is 1. The molecule has 82 valence electrons. The largest absolute Gasteiger partial charge is 0.360 e. The Kier molecular flexibility index (Phi) is 2.47. The van der Waals surface area contributed by atoms with E-state index in [1.54, 1.807) is 0 Å². The third-order valence-corrected chi connectivity index (χ3v) is 2.29. The van der Waals surface area contributed by atoms with Crippen molar-refractivity contribution in [2.24, 2.45) is 0 Å². The van der Waals surface area contributed by atoms with Crippen LogP contribution in [0.4, 0.5) is 8.78 Å². The summed E-state index contributed by atoms with van der Waals surface area (Å²) in [4.78, 5) is 24.5. The highest BCUT2D eigenvalue weighted by atomic mass is 35.5. The number of hydrogen-bond acceptors (Lipinski definition) is 2. The highest BCUT2D eigenvalue weighted by Gasteiger charge is 2.20. The molecule has 16 heavy (non-hydrogen) atoms. The van der Waals surface area contributed by atoms with Gasteiger partial charge in [0.25, 0.3) is 5.24 Å². The van der Waals surface area contributed by atoms with Gasteiger partial charge in [-0.2, -0.15) is 0 Å². The number of hydrogen-bond donors (Lipinski definition) is 1. The number of carbonyl (C=O) groups is 2. The molecule has 0 unspecified atom stereocenters. The Morgan fingerprint density at radius 1 is 1.25 bits per heavy atom. The van der Waals surface area contributed by atoms with E-state index in [1.807, 2.05) is 0 Å². The predicted octanol–water partition coefficient (Wildman–Crippen LogP) is 2.39. The number of ketones is 1. The molecule has 1 aromatic carbocycles. The standard InChI is InChI=1S/C10H4ClF2NO2/c11-10(16)9(15)5-3-14-7-2-4(12)1-6(13)8(5)7/h1-3,14H. The van der Waals surface area contributed by atoms with Crippen LogP contribution in [0.3, 0.4) is 0 Å². The van der Waals surface area contributed by atoms with Crippen molar-refractivity contribution >= 4 is 33.5 Å². The predicted molar refractivity (Wildman–Crippen MR) is 53.4 cm³/mol. The third kappa shape index (κ3) is 1.59. The smallest absolute Gasteiger partial charge is 0.293 e. The van der Waals surface area contributed by atoms with Gasteiger partial charge in [0.2, 0.25) is 5.78 Å². The maximum atomic E-state index is 13.4. The SMILES string of the molecule is O=C(Cl)C(=O)c1c[nH]c2cc(F)cc(F)c12. The van der Waals surface area contributed by atoms with Crippen LogP contribution in [-0.4, -0.2) is 16.0 Å². The Hall–Kier alpha value is -1.75. The molecule has 0 saturated heterocycles. The molecule has 1 N–H and O–H groups in total. The zero-order valence-electron chi connectivity index (χ0n) is 7.68. The van der Waals surface area contributed by atoms with Crippen LogP contribution >= 0.6 is 11.6 Å². The summed E-state index contributed by atoms with van der Waals surface area (Å²) in [6.45, 7) is 0. The first-order valence-corrected chi connectivity index (χ1v) is 4.59. The molecule has 1 aromatic heterocycles. The Morgan fingerprint density at radius 3 is 2.56 bits per heavy atom. The van der Waals surface area contributed by atoms with Gasteiger partial charge in [-0.25, -0.2) is 8.78 Å². The lowest BCUT2D eigenvalue weighted by Gasteiger charge is -1.96. The molecular weight excluding hydrogens is 240 g/mol. The summed E-state index contributed by atoms with van der Waals surface area (Å²) < 4.78 is 26.2. The Labute approximate surface area is 93.0 Å². The van der Waals surface area contributed by atoms with E-state index in [0.29, 0.717) is 6.07 Å². The molecule has 0 aliphatic heterocycles. The number of Topliss-reactive ketones (excluding diaryl/α,β-unsaturated/α-hetero) is 1. The molecule has 0 fully saturated rings. The van der Waals surface area contributed by atoms with Crippen LogP contribution in [0.5, 0.6) is 0 Å². The summed E-state index contributed by atoms with van der Waals surface area (Å²) in [5, 5.41) is -1.36. The van der Waals surface area contributed by atoms with E-state index in [4.69, 9.17) is 11.6 Å². The van der Waals surface area contributed by atoms with Crippen molar-refractivity contribution in [1.82, 2.24) is 4.98 Å². The van der Waals surface area contributed by atoms with Gasteiger partial charge in [-0.3, -0.25) is 9.59 Å². The number of fused-ring (bicyclic) bond motifs is 1. The van der Waals surface area contributed by atoms with Crippen LogP contribution < -0.4 is 0 Å². The number of aromatic nitrogens is 1. The summed E-state index contributed by atoms with van der Waals surface area (Å²) >= 11 is 5.00. The molecule has 6 heteroatoms. The number of nitrogens with one attached hydrogen (secondary N) is 1. The van der Waals surface area contributed by atoms with Gasteiger partial charge < -0.3 is 4.98 Å². The van der Waals surface area contributed by atoms with Crippen molar-refractivity contribution in [3.8, 4) is 0 Å². The van der Waals surface area contributed by atoms with Gasteiger partial charge in [0.1, 0.15) is 11.6 Å². The molecule has 0 amide bonds.